The second-order valence-electron chi connectivity index (χ2n) is 7.21. The number of thioether (sulfide) groups is 1. The van der Waals surface area contributed by atoms with Crippen LogP contribution in [0.3, 0.4) is 0 Å². The van der Waals surface area contributed by atoms with Gasteiger partial charge in [0.05, 0.1) is 5.75 Å². The van der Waals surface area contributed by atoms with Crippen molar-refractivity contribution in [1.82, 2.24) is 24.4 Å². The zero-order valence-electron chi connectivity index (χ0n) is 15.0. The van der Waals surface area contributed by atoms with Crippen LogP contribution in [0.25, 0.3) is 0 Å². The summed E-state index contributed by atoms with van der Waals surface area (Å²) in [6.07, 6.45) is 13.6. The Kier molecular flexibility index (Phi) is 5.53. The minimum absolute atomic E-state index is 0.179. The summed E-state index contributed by atoms with van der Waals surface area (Å²) in [6.45, 7) is 2.74. The lowest BCUT2D eigenvalue weighted by atomic mass is 9.85. The van der Waals surface area contributed by atoms with Crippen LogP contribution in [-0.4, -0.2) is 49.2 Å². The van der Waals surface area contributed by atoms with Crippen molar-refractivity contribution in [2.75, 3.05) is 18.8 Å². The molecular weight excluding hydrogens is 346 g/mol. The van der Waals surface area contributed by atoms with E-state index in [4.69, 9.17) is 0 Å². The van der Waals surface area contributed by atoms with Crippen LogP contribution >= 0.6 is 11.8 Å². The van der Waals surface area contributed by atoms with Crippen LogP contribution in [0.2, 0.25) is 0 Å². The number of carbonyl (C=O) groups is 1. The number of carbonyl (C=O) groups excluding carboxylic acids is 1. The molecule has 2 aromatic heterocycles. The summed E-state index contributed by atoms with van der Waals surface area (Å²) in [4.78, 5) is 27.4. The van der Waals surface area contributed by atoms with E-state index in [-0.39, 0.29) is 5.91 Å². The molecule has 4 rings (SSSR count). The minimum Gasteiger partial charge on any atom is -0.342 e. The quantitative estimate of drug-likeness (QED) is 0.577. The molecule has 1 aliphatic carbocycles. The molecule has 0 unspecified atom stereocenters. The van der Waals surface area contributed by atoms with Gasteiger partial charge in [-0.1, -0.05) is 18.2 Å². The minimum atomic E-state index is 0.179. The number of aromatic nitrogens is 4. The molecule has 3 heterocycles. The number of hydrogen-bond donors (Lipinski definition) is 0. The van der Waals surface area contributed by atoms with Crippen molar-refractivity contribution < 1.29 is 4.79 Å². The SMILES string of the molecule is O=C(CSc1ncccn1)N1CCC(c2nccn2CC2CCC2)CC1. The lowest BCUT2D eigenvalue weighted by Crippen LogP contribution is -2.39. The molecule has 0 atom stereocenters. The second-order valence-corrected chi connectivity index (χ2v) is 8.15. The number of piperidine rings is 1. The summed E-state index contributed by atoms with van der Waals surface area (Å²) < 4.78 is 2.36. The molecule has 0 aromatic carbocycles. The molecule has 26 heavy (non-hydrogen) atoms. The van der Waals surface area contributed by atoms with Gasteiger partial charge in [-0.05, 0) is 37.7 Å². The number of likely N-dealkylation sites (tertiary alicyclic amines) is 1. The van der Waals surface area contributed by atoms with E-state index >= 15 is 0 Å². The maximum Gasteiger partial charge on any atom is 0.233 e. The molecule has 2 aromatic rings. The van der Waals surface area contributed by atoms with E-state index in [0.717, 1.165) is 38.4 Å². The van der Waals surface area contributed by atoms with Gasteiger partial charge in [0.2, 0.25) is 5.91 Å². The van der Waals surface area contributed by atoms with Gasteiger partial charge in [-0.3, -0.25) is 4.79 Å². The largest absolute Gasteiger partial charge is 0.342 e. The fourth-order valence-electron chi connectivity index (χ4n) is 3.75. The Hall–Kier alpha value is -1.89. The van der Waals surface area contributed by atoms with Crippen molar-refractivity contribution in [2.24, 2.45) is 5.92 Å². The van der Waals surface area contributed by atoms with Crippen molar-refractivity contribution in [2.45, 2.75) is 49.7 Å². The predicted molar refractivity (Wildman–Crippen MR) is 101 cm³/mol. The van der Waals surface area contributed by atoms with Gasteiger partial charge in [-0.25, -0.2) is 15.0 Å². The van der Waals surface area contributed by atoms with Gasteiger partial charge in [0.15, 0.2) is 5.16 Å². The Morgan fingerprint density at radius 2 is 1.85 bits per heavy atom. The molecule has 1 amide bonds. The fourth-order valence-corrected chi connectivity index (χ4v) is 4.46. The lowest BCUT2D eigenvalue weighted by Gasteiger charge is -2.33. The summed E-state index contributed by atoms with van der Waals surface area (Å²) >= 11 is 1.41. The first-order valence-corrected chi connectivity index (χ1v) is 10.5. The summed E-state index contributed by atoms with van der Waals surface area (Å²) in [5.74, 6) is 3.11. The summed E-state index contributed by atoms with van der Waals surface area (Å²) in [5.41, 5.74) is 0. The monoisotopic (exact) mass is 371 g/mol. The summed E-state index contributed by atoms with van der Waals surface area (Å²) in [6, 6.07) is 1.78. The molecule has 0 N–H and O–H groups in total. The molecule has 1 saturated heterocycles. The van der Waals surface area contributed by atoms with Crippen molar-refractivity contribution in [1.29, 1.82) is 0 Å². The molecule has 2 aliphatic rings. The van der Waals surface area contributed by atoms with E-state index in [1.165, 1.54) is 36.8 Å². The van der Waals surface area contributed by atoms with Crippen LogP contribution in [0.15, 0.2) is 36.0 Å². The molecule has 0 bridgehead atoms. The third-order valence-electron chi connectivity index (χ3n) is 5.51. The van der Waals surface area contributed by atoms with Crippen molar-refractivity contribution in [3.05, 3.63) is 36.7 Å². The van der Waals surface area contributed by atoms with Gasteiger partial charge in [-0.15, -0.1) is 0 Å². The highest BCUT2D eigenvalue weighted by Crippen LogP contribution is 2.31. The molecule has 1 saturated carbocycles. The van der Waals surface area contributed by atoms with E-state index in [0.29, 0.717) is 16.8 Å². The molecular formula is C19H25N5OS. The number of imidazole rings is 1. The molecule has 2 fully saturated rings. The molecule has 0 spiro atoms. The Balaban J connectivity index is 1.27. The van der Waals surface area contributed by atoms with Gasteiger partial charge in [0, 0.05) is 50.3 Å². The van der Waals surface area contributed by atoms with Crippen LogP contribution in [0, 0.1) is 5.92 Å². The van der Waals surface area contributed by atoms with Gasteiger partial charge in [0.1, 0.15) is 5.82 Å². The van der Waals surface area contributed by atoms with E-state index in [1.807, 2.05) is 11.1 Å². The van der Waals surface area contributed by atoms with Gasteiger partial charge in [-0.2, -0.15) is 0 Å². The summed E-state index contributed by atoms with van der Waals surface area (Å²) in [7, 11) is 0. The van der Waals surface area contributed by atoms with Crippen LogP contribution in [0.4, 0.5) is 0 Å². The number of rotatable bonds is 6. The van der Waals surface area contributed by atoms with Crippen molar-refractivity contribution in [3.63, 3.8) is 0 Å². The summed E-state index contributed by atoms with van der Waals surface area (Å²) in [5, 5.41) is 0.661. The molecule has 1 aliphatic heterocycles. The molecule has 0 radical (unpaired) electrons. The number of nitrogens with zero attached hydrogens (tertiary/aromatic N) is 5. The normalized spacial score (nSPS) is 18.7. The Morgan fingerprint density at radius 3 is 2.54 bits per heavy atom. The highest BCUT2D eigenvalue weighted by atomic mass is 32.2. The zero-order chi connectivity index (χ0) is 17.8. The first-order valence-electron chi connectivity index (χ1n) is 9.48. The first-order chi connectivity index (χ1) is 12.8. The van der Waals surface area contributed by atoms with Crippen LogP contribution in [-0.2, 0) is 11.3 Å². The third-order valence-corrected chi connectivity index (χ3v) is 6.37. The maximum atomic E-state index is 12.5. The van der Waals surface area contributed by atoms with E-state index in [2.05, 4.69) is 25.7 Å². The van der Waals surface area contributed by atoms with Crippen molar-refractivity contribution in [3.8, 4) is 0 Å². The third kappa shape index (κ3) is 4.09. The predicted octanol–water partition coefficient (Wildman–Crippen LogP) is 2.97. The van der Waals surface area contributed by atoms with Crippen LogP contribution in [0.5, 0.6) is 0 Å². The Bertz CT molecular complexity index is 723. The van der Waals surface area contributed by atoms with Crippen molar-refractivity contribution >= 4 is 17.7 Å². The smallest absolute Gasteiger partial charge is 0.233 e. The Morgan fingerprint density at radius 1 is 1.08 bits per heavy atom. The van der Waals surface area contributed by atoms with E-state index in [9.17, 15) is 4.79 Å². The van der Waals surface area contributed by atoms with Gasteiger partial charge in [0.25, 0.3) is 0 Å². The molecule has 7 heteroatoms. The maximum absolute atomic E-state index is 12.5. The Labute approximate surface area is 158 Å². The van der Waals surface area contributed by atoms with Gasteiger partial charge >= 0.3 is 0 Å². The highest BCUT2D eigenvalue weighted by molar-refractivity contribution is 7.99. The topological polar surface area (TPSA) is 63.9 Å². The second kappa shape index (κ2) is 8.20. The zero-order valence-corrected chi connectivity index (χ0v) is 15.8. The molecule has 138 valence electrons. The van der Waals surface area contributed by atoms with Crippen LogP contribution in [0.1, 0.15) is 43.8 Å². The fraction of sp³-hybridized carbons (Fsp3) is 0.579. The highest BCUT2D eigenvalue weighted by Gasteiger charge is 2.27. The van der Waals surface area contributed by atoms with Crippen LogP contribution < -0.4 is 0 Å². The van der Waals surface area contributed by atoms with E-state index < -0.39 is 0 Å². The lowest BCUT2D eigenvalue weighted by molar-refractivity contribution is -0.129. The molecule has 6 nitrogen and oxygen atoms in total. The first kappa shape index (κ1) is 17.5. The standard InChI is InChI=1S/C19H25N5OS/c25-17(14-26-19-21-7-2-8-22-19)23-10-5-16(6-11-23)18-20-9-12-24(18)13-15-3-1-4-15/h2,7-9,12,15-16H,1,3-6,10-11,13-14H2. The average Bonchev–Trinajstić information content (AvgIpc) is 3.12. The van der Waals surface area contributed by atoms with Gasteiger partial charge < -0.3 is 9.47 Å². The average molecular weight is 372 g/mol. The number of hydrogen-bond acceptors (Lipinski definition) is 5. The van der Waals surface area contributed by atoms with E-state index in [1.54, 1.807) is 18.5 Å². The number of amides is 1.